The molecule has 8 heavy (non-hydrogen) atoms. The van der Waals surface area contributed by atoms with Crippen molar-refractivity contribution in [3.8, 4) is 0 Å². The van der Waals surface area contributed by atoms with Crippen molar-refractivity contribution >= 4 is 39.7 Å². The van der Waals surface area contributed by atoms with E-state index in [1.807, 2.05) is 6.26 Å². The molecule has 0 saturated carbocycles. The normalized spacial score (nSPS) is 8.25. The van der Waals surface area contributed by atoms with Crippen LogP contribution in [0.15, 0.2) is 4.30 Å². The maximum atomic E-state index is 11.3. The van der Waals surface area contributed by atoms with E-state index < -0.39 is 7.45 Å². The number of hydrogen-bond donors (Lipinski definition) is 0. The van der Waals surface area contributed by atoms with Crippen molar-refractivity contribution in [1.29, 1.82) is 0 Å². The second-order valence-electron chi connectivity index (χ2n) is 1.02. The van der Waals surface area contributed by atoms with Gasteiger partial charge in [-0.2, -0.15) is 0 Å². The molecule has 0 aromatic rings. The van der Waals surface area contributed by atoms with Crippen molar-refractivity contribution in [2.24, 2.45) is 4.30 Å². The van der Waals surface area contributed by atoms with Crippen LogP contribution in [-0.4, -0.2) is 34.1 Å². The Morgan fingerprint density at radius 3 is 3.00 bits per heavy atom. The molecule has 0 spiro atoms. The van der Waals surface area contributed by atoms with E-state index in [1.165, 1.54) is 18.6 Å². The van der Waals surface area contributed by atoms with Gasteiger partial charge >= 0.3 is 54.6 Å². The molecule has 0 unspecified atom stereocenters. The van der Waals surface area contributed by atoms with Gasteiger partial charge < -0.3 is 0 Å². The molecule has 0 aliphatic rings. The van der Waals surface area contributed by atoms with E-state index in [1.54, 1.807) is 13.7 Å². The van der Waals surface area contributed by atoms with E-state index >= 15 is 0 Å². The van der Waals surface area contributed by atoms with Gasteiger partial charge in [0.15, 0.2) is 0 Å². The molecule has 0 heterocycles. The van der Waals surface area contributed by atoms with Crippen molar-refractivity contribution in [1.82, 2.24) is 0 Å². The second kappa shape index (κ2) is 7.34. The van der Waals surface area contributed by atoms with Crippen LogP contribution in [0.3, 0.4) is 0 Å². The fraction of sp³-hybridized carbons (Fsp3) is 1.00. The second-order valence-corrected chi connectivity index (χ2v) is 1.60. The molecule has 0 aliphatic carbocycles. The molecule has 38 valence electrons. The van der Waals surface area contributed by atoms with Crippen LogP contribution < -0.4 is 0 Å². The zero-order valence-corrected chi connectivity index (χ0v) is 5.49. The molecule has 0 aromatic heterocycles. The Hall–Kier alpha value is 0.340. The summed E-state index contributed by atoms with van der Waals surface area (Å²) in [6.07, 6.45) is 1.85. The Morgan fingerprint density at radius 2 is 2.50 bits per heavy atom. The fourth-order valence-corrected chi connectivity index (χ4v) is 0.400. The first-order chi connectivity index (χ1) is 3.91. The van der Waals surface area contributed by atoms with Crippen LogP contribution in [-0.2, 0) is 0 Å². The Labute approximate surface area is 55.3 Å². The summed E-state index contributed by atoms with van der Waals surface area (Å²) in [5.41, 5.74) is 0. The minimum atomic E-state index is -0.416. The summed E-state index contributed by atoms with van der Waals surface area (Å²) in [6.45, 7) is 4.54. The Balaban J connectivity index is 3.13. The van der Waals surface area contributed by atoms with Crippen molar-refractivity contribution in [3.63, 3.8) is 0 Å². The minimum absolute atomic E-state index is 0.416. The van der Waals surface area contributed by atoms with Crippen LogP contribution in [0.2, 0.25) is 0 Å². The van der Waals surface area contributed by atoms with E-state index in [4.69, 9.17) is 0 Å². The van der Waals surface area contributed by atoms with Crippen molar-refractivity contribution in [2.75, 3.05) is 6.26 Å². The van der Waals surface area contributed by atoms with Gasteiger partial charge in [-0.1, -0.05) is 0 Å². The molecule has 0 aromatic carbocycles. The quantitative estimate of drug-likeness (QED) is 0.369. The van der Waals surface area contributed by atoms with Crippen LogP contribution in [0.25, 0.3) is 0 Å². The zero-order chi connectivity index (χ0) is 6.24. The SMILES string of the molecule is CSN=BB=BBF. The van der Waals surface area contributed by atoms with E-state index in [2.05, 4.69) is 4.30 Å². The van der Waals surface area contributed by atoms with Gasteiger partial charge in [0.25, 0.3) is 0 Å². The third kappa shape index (κ3) is 6.34. The third-order valence-electron chi connectivity index (χ3n) is 0.478. The van der Waals surface area contributed by atoms with Gasteiger partial charge in [-0.15, -0.1) is 0 Å². The monoisotopic (exact) mass is 125 g/mol. The van der Waals surface area contributed by atoms with Crippen LogP contribution in [0.5, 0.6) is 0 Å². The standard InChI is InChI=1S/CH4B4FNS/c1-8-7-5-3-2-4-6/h4H,1H3. The zero-order valence-electron chi connectivity index (χ0n) is 4.67. The molecule has 0 saturated heterocycles. The van der Waals surface area contributed by atoms with Crippen LogP contribution >= 0.6 is 11.9 Å². The van der Waals surface area contributed by atoms with Gasteiger partial charge in [0.1, 0.15) is 0 Å². The summed E-state index contributed by atoms with van der Waals surface area (Å²) >= 11 is 1.35. The van der Waals surface area contributed by atoms with Crippen molar-refractivity contribution in [2.45, 2.75) is 0 Å². The number of halogens is 1. The molecule has 0 bridgehead atoms. The van der Waals surface area contributed by atoms with Crippen LogP contribution in [0.4, 0.5) is 4.32 Å². The van der Waals surface area contributed by atoms with E-state index in [0.29, 0.717) is 0 Å². The summed E-state index contributed by atoms with van der Waals surface area (Å²) in [5.74, 6) is 0. The average molecular weight is 124 g/mol. The van der Waals surface area contributed by atoms with Crippen molar-refractivity contribution in [3.05, 3.63) is 0 Å². The van der Waals surface area contributed by atoms with E-state index in [0.717, 1.165) is 0 Å². The number of rotatable bonds is 3. The molecule has 0 rings (SSSR count). The molecule has 0 atom stereocenters. The first-order valence-electron chi connectivity index (χ1n) is 2.19. The molecule has 0 N–H and O–H groups in total. The predicted octanol–water partition coefficient (Wildman–Crippen LogP) is -0.373. The summed E-state index contributed by atoms with van der Waals surface area (Å²) in [7, 11) is -0.416. The number of nitrogens with zero attached hydrogens (tertiary/aromatic N) is 1. The van der Waals surface area contributed by atoms with Crippen molar-refractivity contribution < 1.29 is 4.32 Å². The Kier molecular flexibility index (Phi) is 7.65. The van der Waals surface area contributed by atoms with Gasteiger partial charge in [0, 0.05) is 0 Å². The molecular weight excluding hydrogens is 120 g/mol. The van der Waals surface area contributed by atoms with Gasteiger partial charge in [-0.05, 0) is 0 Å². The molecule has 1 nitrogen and oxygen atoms in total. The van der Waals surface area contributed by atoms with Crippen LogP contribution in [0.1, 0.15) is 0 Å². The Bertz CT molecular complexity index is 82.0. The average Bonchev–Trinajstić information content (AvgIpc) is 1.81. The molecule has 0 aliphatic heterocycles. The van der Waals surface area contributed by atoms with Gasteiger partial charge in [0.2, 0.25) is 0 Å². The predicted molar refractivity (Wildman–Crippen MR) is 41.5 cm³/mol. The van der Waals surface area contributed by atoms with Gasteiger partial charge in [0.05, 0.1) is 0 Å². The maximum absolute atomic E-state index is 11.3. The van der Waals surface area contributed by atoms with Crippen LogP contribution in [0, 0.1) is 0 Å². The van der Waals surface area contributed by atoms with E-state index in [9.17, 15) is 4.32 Å². The Morgan fingerprint density at radius 1 is 1.75 bits per heavy atom. The van der Waals surface area contributed by atoms with Gasteiger partial charge in [-0.3, -0.25) is 0 Å². The summed E-state index contributed by atoms with van der Waals surface area (Å²) in [4.78, 5) is 0. The summed E-state index contributed by atoms with van der Waals surface area (Å²) in [6, 6.07) is 0. The first kappa shape index (κ1) is 8.34. The summed E-state index contributed by atoms with van der Waals surface area (Å²) in [5, 5.41) is 0. The van der Waals surface area contributed by atoms with E-state index in [-0.39, 0.29) is 0 Å². The fourth-order valence-electron chi connectivity index (χ4n) is 0.208. The third-order valence-corrected chi connectivity index (χ3v) is 0.810. The molecule has 7 heteroatoms. The molecule has 0 fully saturated rings. The molecule has 0 amide bonds. The topological polar surface area (TPSA) is 12.4 Å². The van der Waals surface area contributed by atoms with Gasteiger partial charge in [-0.25, -0.2) is 0 Å². The molecule has 0 radical (unpaired) electrons. The first-order valence-corrected chi connectivity index (χ1v) is 3.37. The summed E-state index contributed by atoms with van der Waals surface area (Å²) < 4.78 is 15.0. The molecular formula is CH4B4FNS. The number of hydrogen-bond acceptors (Lipinski definition) is 2.